The predicted octanol–water partition coefficient (Wildman–Crippen LogP) is 3.82. The molecule has 1 atom stereocenters. The smallest absolute Gasteiger partial charge is 0.335 e. The van der Waals surface area contributed by atoms with Gasteiger partial charge in [0, 0.05) is 13.5 Å². The maximum atomic E-state index is 13.3. The summed E-state index contributed by atoms with van der Waals surface area (Å²) in [5.41, 5.74) is 1.56. The number of benzene rings is 2. The maximum Gasteiger partial charge on any atom is 0.335 e. The van der Waals surface area contributed by atoms with Gasteiger partial charge in [0.25, 0.3) is 0 Å². The molecule has 0 fully saturated rings. The van der Waals surface area contributed by atoms with Crippen LogP contribution in [0.5, 0.6) is 0 Å². The Balaban J connectivity index is 1.97. The molecule has 0 saturated heterocycles. The Kier molecular flexibility index (Phi) is 5.85. The van der Waals surface area contributed by atoms with Crippen molar-refractivity contribution in [2.24, 2.45) is 0 Å². The van der Waals surface area contributed by atoms with Crippen LogP contribution in [0, 0.1) is 11.6 Å². The van der Waals surface area contributed by atoms with Crippen LogP contribution in [0.15, 0.2) is 42.5 Å². The third kappa shape index (κ3) is 4.62. The van der Waals surface area contributed by atoms with Crippen LogP contribution in [0.25, 0.3) is 0 Å². The van der Waals surface area contributed by atoms with Crippen LogP contribution in [-0.4, -0.2) is 28.9 Å². The number of hydrogen-bond acceptors (Lipinski definition) is 2. The fourth-order valence-corrected chi connectivity index (χ4v) is 2.45. The van der Waals surface area contributed by atoms with E-state index in [9.17, 15) is 18.4 Å². The van der Waals surface area contributed by atoms with E-state index in [0.29, 0.717) is 12.0 Å². The summed E-state index contributed by atoms with van der Waals surface area (Å²) in [6, 6.07) is 9.54. The molecule has 4 nitrogen and oxygen atoms in total. The Bertz CT molecular complexity index is 775. The van der Waals surface area contributed by atoms with Crippen molar-refractivity contribution in [3.8, 4) is 0 Å². The molecule has 25 heavy (non-hydrogen) atoms. The van der Waals surface area contributed by atoms with Gasteiger partial charge in [-0.3, -0.25) is 4.79 Å². The van der Waals surface area contributed by atoms with Crippen molar-refractivity contribution in [2.45, 2.75) is 25.8 Å². The second kappa shape index (κ2) is 7.88. The lowest BCUT2D eigenvalue weighted by molar-refractivity contribution is -0.131. The first-order valence-corrected chi connectivity index (χ1v) is 7.82. The van der Waals surface area contributed by atoms with Gasteiger partial charge >= 0.3 is 5.97 Å². The van der Waals surface area contributed by atoms with E-state index in [-0.39, 0.29) is 17.9 Å². The second-order valence-corrected chi connectivity index (χ2v) is 5.86. The van der Waals surface area contributed by atoms with Crippen LogP contribution in [0.2, 0.25) is 0 Å². The molecule has 1 N–H and O–H groups in total. The second-order valence-electron chi connectivity index (χ2n) is 5.86. The van der Waals surface area contributed by atoms with Gasteiger partial charge in [0.2, 0.25) is 5.91 Å². The number of rotatable bonds is 6. The first-order chi connectivity index (χ1) is 11.8. The zero-order valence-electron chi connectivity index (χ0n) is 14.0. The molecule has 1 amide bonds. The first-order valence-electron chi connectivity index (χ1n) is 7.82. The van der Waals surface area contributed by atoms with Crippen molar-refractivity contribution in [1.82, 2.24) is 4.90 Å². The van der Waals surface area contributed by atoms with Gasteiger partial charge in [0.1, 0.15) is 0 Å². The normalized spacial score (nSPS) is 11.8. The first kappa shape index (κ1) is 18.6. The number of halogens is 2. The average Bonchev–Trinajstić information content (AvgIpc) is 2.61. The zero-order chi connectivity index (χ0) is 18.6. The highest BCUT2D eigenvalue weighted by Gasteiger charge is 2.18. The number of carboxylic acid groups (broad SMARTS) is 1. The fourth-order valence-electron chi connectivity index (χ4n) is 2.45. The molecule has 1 unspecified atom stereocenters. The molecule has 0 radical (unpaired) electrons. The van der Waals surface area contributed by atoms with Crippen molar-refractivity contribution in [3.63, 3.8) is 0 Å². The van der Waals surface area contributed by atoms with E-state index < -0.39 is 23.6 Å². The highest BCUT2D eigenvalue weighted by atomic mass is 19.2. The summed E-state index contributed by atoms with van der Waals surface area (Å²) in [6.07, 6.45) is 0.699. The van der Waals surface area contributed by atoms with Crippen LogP contribution in [-0.2, 0) is 11.2 Å². The lowest BCUT2D eigenvalue weighted by Gasteiger charge is -2.25. The van der Waals surface area contributed by atoms with Crippen molar-refractivity contribution in [1.29, 1.82) is 0 Å². The Morgan fingerprint density at radius 3 is 2.28 bits per heavy atom. The summed E-state index contributed by atoms with van der Waals surface area (Å²) in [7, 11) is 1.61. The van der Waals surface area contributed by atoms with Gasteiger partial charge in [-0.15, -0.1) is 0 Å². The molecule has 132 valence electrons. The molecule has 0 aliphatic rings. The minimum atomic E-state index is -0.997. The largest absolute Gasteiger partial charge is 0.478 e. The van der Waals surface area contributed by atoms with Crippen molar-refractivity contribution in [2.75, 3.05) is 7.05 Å². The van der Waals surface area contributed by atoms with E-state index >= 15 is 0 Å². The summed E-state index contributed by atoms with van der Waals surface area (Å²) >= 11 is 0. The number of aryl methyl sites for hydroxylation is 1. The molecular formula is C19H19F2NO3. The molecule has 0 spiro atoms. The minimum absolute atomic E-state index is 0.139. The number of hydrogen-bond donors (Lipinski definition) is 1. The van der Waals surface area contributed by atoms with E-state index in [1.54, 1.807) is 26.1 Å². The number of amides is 1. The number of carbonyl (C=O) groups is 2. The molecule has 0 bridgehead atoms. The van der Waals surface area contributed by atoms with Crippen LogP contribution in [0.3, 0.4) is 0 Å². The Morgan fingerprint density at radius 1 is 1.08 bits per heavy atom. The summed E-state index contributed by atoms with van der Waals surface area (Å²) in [5.74, 6) is -3.00. The summed E-state index contributed by atoms with van der Waals surface area (Å²) in [4.78, 5) is 24.6. The summed E-state index contributed by atoms with van der Waals surface area (Å²) in [6.45, 7) is 1.74. The quantitative estimate of drug-likeness (QED) is 0.864. The van der Waals surface area contributed by atoms with Gasteiger partial charge < -0.3 is 10.0 Å². The van der Waals surface area contributed by atoms with Crippen LogP contribution < -0.4 is 0 Å². The van der Waals surface area contributed by atoms with Gasteiger partial charge in [0.15, 0.2) is 11.6 Å². The van der Waals surface area contributed by atoms with Crippen molar-refractivity contribution >= 4 is 11.9 Å². The molecule has 2 aromatic carbocycles. The number of carbonyl (C=O) groups excluding carboxylic acids is 1. The fraction of sp³-hybridized carbons (Fsp3) is 0.263. The van der Waals surface area contributed by atoms with Gasteiger partial charge in [0.05, 0.1) is 11.6 Å². The molecular weight excluding hydrogens is 328 g/mol. The van der Waals surface area contributed by atoms with Crippen LogP contribution >= 0.6 is 0 Å². The Hall–Kier alpha value is -2.76. The van der Waals surface area contributed by atoms with E-state index in [1.165, 1.54) is 23.1 Å². The zero-order valence-corrected chi connectivity index (χ0v) is 14.0. The Labute approximate surface area is 144 Å². The molecule has 0 aromatic heterocycles. The van der Waals surface area contributed by atoms with E-state index in [4.69, 9.17) is 5.11 Å². The summed E-state index contributed by atoms with van der Waals surface area (Å²) in [5, 5.41) is 8.86. The van der Waals surface area contributed by atoms with Gasteiger partial charge in [-0.1, -0.05) is 18.2 Å². The minimum Gasteiger partial charge on any atom is -0.478 e. The SMILES string of the molecule is CC(c1ccc(F)c(F)c1)N(C)C(=O)CCc1ccc(C(=O)O)cc1. The molecule has 2 rings (SSSR count). The Morgan fingerprint density at radius 2 is 1.72 bits per heavy atom. The molecule has 2 aromatic rings. The van der Waals surface area contributed by atoms with Crippen LogP contribution in [0.1, 0.15) is 40.9 Å². The monoisotopic (exact) mass is 347 g/mol. The number of nitrogens with zero attached hydrogens (tertiary/aromatic N) is 1. The lowest BCUT2D eigenvalue weighted by atomic mass is 10.0. The van der Waals surface area contributed by atoms with E-state index in [1.807, 2.05) is 0 Å². The standard InChI is InChI=1S/C19H19F2NO3/c1-12(15-8-9-16(20)17(21)11-15)22(2)18(23)10-5-13-3-6-14(7-4-13)19(24)25/h3-4,6-9,11-12H,5,10H2,1-2H3,(H,24,25). The topological polar surface area (TPSA) is 57.6 Å². The van der Waals surface area contributed by atoms with Crippen LogP contribution in [0.4, 0.5) is 8.78 Å². The molecule has 0 aliphatic heterocycles. The van der Waals surface area contributed by atoms with Crippen molar-refractivity contribution < 1.29 is 23.5 Å². The van der Waals surface area contributed by atoms with Gasteiger partial charge in [-0.2, -0.15) is 0 Å². The lowest BCUT2D eigenvalue weighted by Crippen LogP contribution is -2.29. The number of carboxylic acids is 1. The summed E-state index contributed by atoms with van der Waals surface area (Å²) < 4.78 is 26.4. The highest BCUT2D eigenvalue weighted by Crippen LogP contribution is 2.22. The van der Waals surface area contributed by atoms with Gasteiger partial charge in [-0.05, 0) is 48.7 Å². The third-order valence-electron chi connectivity index (χ3n) is 4.23. The molecule has 6 heteroatoms. The van der Waals surface area contributed by atoms with E-state index in [2.05, 4.69) is 0 Å². The molecule has 0 aliphatic carbocycles. The van der Waals surface area contributed by atoms with Crippen molar-refractivity contribution in [3.05, 3.63) is 70.8 Å². The number of aromatic carboxylic acids is 1. The highest BCUT2D eigenvalue weighted by molar-refractivity contribution is 5.87. The predicted molar refractivity (Wildman–Crippen MR) is 89.3 cm³/mol. The third-order valence-corrected chi connectivity index (χ3v) is 4.23. The molecule has 0 saturated carbocycles. The van der Waals surface area contributed by atoms with E-state index in [0.717, 1.165) is 17.7 Å². The van der Waals surface area contributed by atoms with Gasteiger partial charge in [-0.25, -0.2) is 13.6 Å². The average molecular weight is 347 g/mol. The maximum absolute atomic E-state index is 13.3. The molecule has 0 heterocycles.